The van der Waals surface area contributed by atoms with Crippen LogP contribution in [0.2, 0.25) is 0 Å². The second kappa shape index (κ2) is 5.81. The van der Waals surface area contributed by atoms with E-state index in [9.17, 15) is 9.90 Å². The second-order valence-corrected chi connectivity index (χ2v) is 5.48. The molecule has 0 bridgehead atoms. The summed E-state index contributed by atoms with van der Waals surface area (Å²) in [5.74, 6) is 1.35. The van der Waals surface area contributed by atoms with Gasteiger partial charge in [-0.2, -0.15) is 0 Å². The smallest absolute Gasteiger partial charge is 0.322 e. The Bertz CT molecular complexity index is 547. The normalized spacial score (nSPS) is 20.5. The molecule has 0 spiro atoms. The number of carbonyl (C=O) groups excluding carboxylic acids is 1. The van der Waals surface area contributed by atoms with E-state index in [0.717, 1.165) is 24.8 Å². The number of nitrogens with zero attached hydrogens (tertiary/aromatic N) is 1. The molecule has 0 unspecified atom stereocenters. The third kappa shape index (κ3) is 2.76. The van der Waals surface area contributed by atoms with Gasteiger partial charge in [0, 0.05) is 18.3 Å². The number of rotatable bonds is 2. The van der Waals surface area contributed by atoms with Crippen LogP contribution in [0.1, 0.15) is 24.8 Å². The van der Waals surface area contributed by atoms with Crippen LogP contribution in [-0.2, 0) is 0 Å². The standard InChI is InChI=1S/C15H20N2O4/c1-10-6-13-14(21-9-20-13)7-12(10)16-15(19)17-5-3-2-4-11(17)8-18/h6-7,11,18H,2-5,8-9H2,1H3,(H,16,19)/t11-/m0/s1. The van der Waals surface area contributed by atoms with Gasteiger partial charge in [-0.05, 0) is 37.8 Å². The third-order valence-corrected chi connectivity index (χ3v) is 4.06. The van der Waals surface area contributed by atoms with Gasteiger partial charge in [0.15, 0.2) is 11.5 Å². The number of piperidine rings is 1. The molecule has 114 valence electrons. The molecule has 2 N–H and O–H groups in total. The number of hydrogen-bond acceptors (Lipinski definition) is 4. The Labute approximate surface area is 123 Å². The molecule has 0 aliphatic carbocycles. The highest BCUT2D eigenvalue weighted by molar-refractivity contribution is 5.91. The summed E-state index contributed by atoms with van der Waals surface area (Å²) in [7, 11) is 0. The van der Waals surface area contributed by atoms with E-state index in [1.807, 2.05) is 13.0 Å². The first-order valence-corrected chi connectivity index (χ1v) is 7.28. The van der Waals surface area contributed by atoms with E-state index in [0.29, 0.717) is 23.7 Å². The zero-order valence-electron chi connectivity index (χ0n) is 12.1. The van der Waals surface area contributed by atoms with Crippen molar-refractivity contribution in [3.8, 4) is 11.5 Å². The number of anilines is 1. The molecule has 6 heteroatoms. The van der Waals surface area contributed by atoms with E-state index in [-0.39, 0.29) is 25.5 Å². The molecular formula is C15H20N2O4. The number of aliphatic hydroxyl groups is 1. The van der Waals surface area contributed by atoms with E-state index in [2.05, 4.69) is 5.32 Å². The molecule has 21 heavy (non-hydrogen) atoms. The van der Waals surface area contributed by atoms with Crippen molar-refractivity contribution >= 4 is 11.7 Å². The number of hydrogen-bond donors (Lipinski definition) is 2. The van der Waals surface area contributed by atoms with Crippen molar-refractivity contribution < 1.29 is 19.4 Å². The molecule has 1 aromatic rings. The van der Waals surface area contributed by atoms with Crippen LogP contribution in [0.3, 0.4) is 0 Å². The summed E-state index contributed by atoms with van der Waals surface area (Å²) in [5, 5.41) is 12.3. The molecular weight excluding hydrogens is 272 g/mol. The lowest BCUT2D eigenvalue weighted by atomic mass is 10.0. The maximum absolute atomic E-state index is 12.4. The van der Waals surface area contributed by atoms with Gasteiger partial charge in [-0.25, -0.2) is 4.79 Å². The van der Waals surface area contributed by atoms with Gasteiger partial charge < -0.3 is 24.8 Å². The number of nitrogens with one attached hydrogen (secondary N) is 1. The first-order chi connectivity index (χ1) is 10.2. The van der Waals surface area contributed by atoms with Crippen molar-refractivity contribution in [3.05, 3.63) is 17.7 Å². The Morgan fingerprint density at radius 2 is 2.14 bits per heavy atom. The second-order valence-electron chi connectivity index (χ2n) is 5.48. The van der Waals surface area contributed by atoms with Gasteiger partial charge in [0.05, 0.1) is 12.6 Å². The maximum atomic E-state index is 12.4. The predicted molar refractivity (Wildman–Crippen MR) is 77.8 cm³/mol. The van der Waals surface area contributed by atoms with E-state index in [1.54, 1.807) is 11.0 Å². The number of carbonyl (C=O) groups is 1. The molecule has 2 aliphatic rings. The van der Waals surface area contributed by atoms with Crippen LogP contribution in [0.15, 0.2) is 12.1 Å². The largest absolute Gasteiger partial charge is 0.454 e. The molecule has 0 saturated carbocycles. The van der Waals surface area contributed by atoms with Gasteiger partial charge in [0.1, 0.15) is 0 Å². The van der Waals surface area contributed by atoms with Gasteiger partial charge in [0.25, 0.3) is 0 Å². The topological polar surface area (TPSA) is 71.0 Å². The summed E-state index contributed by atoms with van der Waals surface area (Å²) in [4.78, 5) is 14.1. The van der Waals surface area contributed by atoms with Crippen molar-refractivity contribution in [3.63, 3.8) is 0 Å². The molecule has 1 aromatic carbocycles. The number of benzene rings is 1. The van der Waals surface area contributed by atoms with E-state index >= 15 is 0 Å². The van der Waals surface area contributed by atoms with Gasteiger partial charge in [0.2, 0.25) is 6.79 Å². The molecule has 2 amide bonds. The molecule has 2 heterocycles. The molecule has 6 nitrogen and oxygen atoms in total. The first-order valence-electron chi connectivity index (χ1n) is 7.28. The van der Waals surface area contributed by atoms with Crippen molar-refractivity contribution in [2.45, 2.75) is 32.2 Å². The van der Waals surface area contributed by atoms with Crippen molar-refractivity contribution in [2.24, 2.45) is 0 Å². The zero-order chi connectivity index (χ0) is 14.8. The predicted octanol–water partition coefficient (Wildman–Crippen LogP) is 2.10. The van der Waals surface area contributed by atoms with Gasteiger partial charge >= 0.3 is 6.03 Å². The SMILES string of the molecule is Cc1cc2c(cc1NC(=O)N1CCCC[C@H]1CO)OCO2. The molecule has 1 fully saturated rings. The van der Waals surface area contributed by atoms with Crippen LogP contribution in [0, 0.1) is 6.92 Å². The van der Waals surface area contributed by atoms with Gasteiger partial charge in [-0.1, -0.05) is 0 Å². The lowest BCUT2D eigenvalue weighted by Crippen LogP contribution is -2.47. The number of aryl methyl sites for hydroxylation is 1. The van der Waals surface area contributed by atoms with Crippen LogP contribution in [0.5, 0.6) is 11.5 Å². The van der Waals surface area contributed by atoms with Gasteiger partial charge in [-0.3, -0.25) is 0 Å². The fourth-order valence-corrected chi connectivity index (χ4v) is 2.82. The maximum Gasteiger partial charge on any atom is 0.322 e. The van der Waals surface area contributed by atoms with Crippen LogP contribution in [-0.4, -0.2) is 42.0 Å². The van der Waals surface area contributed by atoms with E-state index in [4.69, 9.17) is 9.47 Å². The Morgan fingerprint density at radius 1 is 1.38 bits per heavy atom. The summed E-state index contributed by atoms with van der Waals surface area (Å²) < 4.78 is 10.6. The van der Waals surface area contributed by atoms with Crippen molar-refractivity contribution in [2.75, 3.05) is 25.3 Å². The number of fused-ring (bicyclic) bond motifs is 1. The Morgan fingerprint density at radius 3 is 2.90 bits per heavy atom. The van der Waals surface area contributed by atoms with Crippen LogP contribution >= 0.6 is 0 Å². The number of amides is 2. The zero-order valence-corrected chi connectivity index (χ0v) is 12.1. The lowest BCUT2D eigenvalue weighted by molar-refractivity contribution is 0.115. The fraction of sp³-hybridized carbons (Fsp3) is 0.533. The first kappa shape index (κ1) is 14.0. The highest BCUT2D eigenvalue weighted by Crippen LogP contribution is 2.36. The van der Waals surface area contributed by atoms with Crippen LogP contribution in [0.25, 0.3) is 0 Å². The summed E-state index contributed by atoms with van der Waals surface area (Å²) in [6, 6.07) is 3.38. The number of likely N-dealkylation sites (tertiary alicyclic amines) is 1. The molecule has 3 rings (SSSR count). The summed E-state index contributed by atoms with van der Waals surface area (Å²) in [6.45, 7) is 2.82. The number of aliphatic hydroxyl groups excluding tert-OH is 1. The third-order valence-electron chi connectivity index (χ3n) is 4.06. The van der Waals surface area contributed by atoms with Gasteiger partial charge in [-0.15, -0.1) is 0 Å². The Balaban J connectivity index is 1.75. The Kier molecular flexibility index (Phi) is 3.88. The Hall–Kier alpha value is -1.95. The molecule has 0 aromatic heterocycles. The molecule has 1 atom stereocenters. The average molecular weight is 292 g/mol. The lowest BCUT2D eigenvalue weighted by Gasteiger charge is -2.34. The van der Waals surface area contributed by atoms with E-state index in [1.165, 1.54) is 0 Å². The minimum Gasteiger partial charge on any atom is -0.454 e. The van der Waals surface area contributed by atoms with Crippen LogP contribution in [0.4, 0.5) is 10.5 Å². The average Bonchev–Trinajstić information content (AvgIpc) is 2.94. The highest BCUT2D eigenvalue weighted by Gasteiger charge is 2.27. The summed E-state index contributed by atoms with van der Waals surface area (Å²) >= 11 is 0. The monoisotopic (exact) mass is 292 g/mol. The number of urea groups is 1. The minimum absolute atomic E-state index is 0.00748. The minimum atomic E-state index is -0.171. The van der Waals surface area contributed by atoms with Crippen LogP contribution < -0.4 is 14.8 Å². The van der Waals surface area contributed by atoms with Crippen molar-refractivity contribution in [1.29, 1.82) is 0 Å². The molecule has 2 aliphatic heterocycles. The number of ether oxygens (including phenoxy) is 2. The highest BCUT2D eigenvalue weighted by atomic mass is 16.7. The quantitative estimate of drug-likeness (QED) is 0.875. The summed E-state index contributed by atoms with van der Waals surface area (Å²) in [5.41, 5.74) is 1.64. The van der Waals surface area contributed by atoms with E-state index < -0.39 is 0 Å². The molecule has 0 radical (unpaired) electrons. The summed E-state index contributed by atoms with van der Waals surface area (Å²) in [6.07, 6.45) is 2.88. The van der Waals surface area contributed by atoms with Crippen molar-refractivity contribution in [1.82, 2.24) is 4.90 Å². The molecule has 1 saturated heterocycles. The fourth-order valence-electron chi connectivity index (χ4n) is 2.82.